The molecule has 0 bridgehead atoms. The fraction of sp³-hybridized carbons (Fsp3) is 1.00. The van der Waals surface area contributed by atoms with E-state index in [0.717, 1.165) is 32.2 Å². The van der Waals surface area contributed by atoms with Gasteiger partial charge in [-0.15, -0.1) is 0 Å². The zero-order valence-corrected chi connectivity index (χ0v) is 6.73. The van der Waals surface area contributed by atoms with Gasteiger partial charge in [0, 0.05) is 13.2 Å². The Morgan fingerprint density at radius 3 is 2.90 bits per heavy atom. The summed E-state index contributed by atoms with van der Waals surface area (Å²) in [5.74, 6) is 0.904. The highest BCUT2D eigenvalue weighted by Gasteiger charge is 2.20. The molecule has 0 aliphatic heterocycles. The van der Waals surface area contributed by atoms with Gasteiger partial charge in [-0.2, -0.15) is 0 Å². The number of nitrogens with one attached hydrogen (secondary N) is 1. The summed E-state index contributed by atoms with van der Waals surface area (Å²) < 4.78 is 5.40. The fourth-order valence-corrected chi connectivity index (χ4v) is 0.856. The third kappa shape index (κ3) is 3.85. The molecule has 0 heterocycles. The van der Waals surface area contributed by atoms with Gasteiger partial charge in [0.1, 0.15) is 0 Å². The molecule has 60 valence electrons. The van der Waals surface area contributed by atoms with E-state index in [1.165, 1.54) is 12.8 Å². The predicted molar refractivity (Wildman–Crippen MR) is 42.1 cm³/mol. The fourth-order valence-electron chi connectivity index (χ4n) is 0.856. The van der Waals surface area contributed by atoms with E-state index < -0.39 is 0 Å². The van der Waals surface area contributed by atoms with Crippen LogP contribution in [0.5, 0.6) is 0 Å². The Morgan fingerprint density at radius 2 is 2.30 bits per heavy atom. The van der Waals surface area contributed by atoms with Crippen LogP contribution in [0.25, 0.3) is 0 Å². The van der Waals surface area contributed by atoms with E-state index in [1.807, 2.05) is 0 Å². The highest BCUT2D eigenvalue weighted by Crippen LogP contribution is 2.28. The van der Waals surface area contributed by atoms with Crippen LogP contribution in [0, 0.1) is 5.92 Å². The second kappa shape index (κ2) is 4.69. The molecule has 1 saturated carbocycles. The number of ether oxygens (including phenoxy) is 1. The molecular formula is C8H17NO. The van der Waals surface area contributed by atoms with Gasteiger partial charge in [0.15, 0.2) is 0 Å². The van der Waals surface area contributed by atoms with Crippen molar-refractivity contribution < 1.29 is 4.74 Å². The Kier molecular flexibility index (Phi) is 3.76. The van der Waals surface area contributed by atoms with Crippen molar-refractivity contribution in [3.63, 3.8) is 0 Å². The summed E-state index contributed by atoms with van der Waals surface area (Å²) in [6, 6.07) is 0. The summed E-state index contributed by atoms with van der Waals surface area (Å²) in [4.78, 5) is 0. The van der Waals surface area contributed by atoms with Crippen molar-refractivity contribution >= 4 is 0 Å². The molecule has 0 spiro atoms. The summed E-state index contributed by atoms with van der Waals surface area (Å²) in [7, 11) is 0. The Hall–Kier alpha value is -0.0800. The molecule has 0 aromatic carbocycles. The molecule has 0 atom stereocenters. The van der Waals surface area contributed by atoms with Crippen LogP contribution in [0.4, 0.5) is 0 Å². The molecule has 1 aliphatic carbocycles. The molecule has 2 heteroatoms. The summed E-state index contributed by atoms with van der Waals surface area (Å²) in [5, 5.41) is 3.22. The van der Waals surface area contributed by atoms with Crippen LogP contribution in [0.3, 0.4) is 0 Å². The molecule has 0 saturated heterocycles. The molecule has 0 aromatic heterocycles. The summed E-state index contributed by atoms with van der Waals surface area (Å²) in [6.45, 7) is 6.03. The van der Waals surface area contributed by atoms with Gasteiger partial charge in [0.2, 0.25) is 0 Å². The molecule has 0 amide bonds. The maximum absolute atomic E-state index is 5.40. The minimum atomic E-state index is 0.879. The van der Waals surface area contributed by atoms with Crippen molar-refractivity contribution in [2.75, 3.05) is 26.3 Å². The number of rotatable bonds is 6. The van der Waals surface area contributed by atoms with Crippen LogP contribution in [0.15, 0.2) is 0 Å². The van der Waals surface area contributed by atoms with E-state index >= 15 is 0 Å². The molecule has 1 rings (SSSR count). The van der Waals surface area contributed by atoms with E-state index in [4.69, 9.17) is 4.74 Å². The smallest absolute Gasteiger partial charge is 0.0591 e. The lowest BCUT2D eigenvalue weighted by atomic mass is 10.5. The second-order valence-corrected chi connectivity index (χ2v) is 2.87. The average Bonchev–Trinajstić information content (AvgIpc) is 2.71. The molecule has 1 fully saturated rings. The highest BCUT2D eigenvalue weighted by atomic mass is 16.5. The third-order valence-corrected chi connectivity index (χ3v) is 1.72. The quantitative estimate of drug-likeness (QED) is 0.561. The highest BCUT2D eigenvalue weighted by molar-refractivity contribution is 4.71. The van der Waals surface area contributed by atoms with Gasteiger partial charge >= 0.3 is 0 Å². The lowest BCUT2D eigenvalue weighted by molar-refractivity contribution is 0.126. The monoisotopic (exact) mass is 143 g/mol. The van der Waals surface area contributed by atoms with Crippen molar-refractivity contribution in [2.24, 2.45) is 5.92 Å². The number of likely N-dealkylation sites (N-methyl/N-ethyl adjacent to an activating group) is 1. The first-order chi connectivity index (χ1) is 4.93. The minimum absolute atomic E-state index is 0.879. The molecule has 1 N–H and O–H groups in total. The van der Waals surface area contributed by atoms with Gasteiger partial charge in [-0.1, -0.05) is 6.92 Å². The molecule has 0 radical (unpaired) electrons. The maximum Gasteiger partial charge on any atom is 0.0591 e. The van der Waals surface area contributed by atoms with E-state index in [2.05, 4.69) is 12.2 Å². The summed E-state index contributed by atoms with van der Waals surface area (Å²) in [5.41, 5.74) is 0. The van der Waals surface area contributed by atoms with Crippen molar-refractivity contribution in [3.05, 3.63) is 0 Å². The molecular weight excluding hydrogens is 126 g/mol. The first-order valence-corrected chi connectivity index (χ1v) is 4.22. The number of hydrogen-bond acceptors (Lipinski definition) is 2. The van der Waals surface area contributed by atoms with E-state index in [0.29, 0.717) is 0 Å². The summed E-state index contributed by atoms with van der Waals surface area (Å²) >= 11 is 0. The Labute approximate surface area is 63.0 Å². The average molecular weight is 143 g/mol. The molecule has 0 aromatic rings. The van der Waals surface area contributed by atoms with Crippen molar-refractivity contribution in [1.82, 2.24) is 5.32 Å². The van der Waals surface area contributed by atoms with Crippen molar-refractivity contribution in [3.8, 4) is 0 Å². The van der Waals surface area contributed by atoms with Crippen LogP contribution in [-0.2, 0) is 4.74 Å². The van der Waals surface area contributed by atoms with Crippen molar-refractivity contribution in [1.29, 1.82) is 0 Å². The van der Waals surface area contributed by atoms with Crippen LogP contribution >= 0.6 is 0 Å². The van der Waals surface area contributed by atoms with E-state index in [1.54, 1.807) is 0 Å². The van der Waals surface area contributed by atoms with Gasteiger partial charge in [-0.25, -0.2) is 0 Å². The van der Waals surface area contributed by atoms with E-state index in [-0.39, 0.29) is 0 Å². The zero-order valence-electron chi connectivity index (χ0n) is 6.73. The predicted octanol–water partition coefficient (Wildman–Crippen LogP) is 1.02. The first-order valence-electron chi connectivity index (χ1n) is 4.22. The largest absolute Gasteiger partial charge is 0.380 e. The standard InChI is InChI=1S/C8H17NO/c1-2-9-5-6-10-7-8-3-4-8/h8-9H,2-7H2,1H3. The van der Waals surface area contributed by atoms with Crippen LogP contribution in [0.2, 0.25) is 0 Å². The topological polar surface area (TPSA) is 21.3 Å². The Balaban J connectivity index is 1.68. The lowest BCUT2D eigenvalue weighted by Crippen LogP contribution is -2.19. The Bertz CT molecular complexity index is 81.3. The van der Waals surface area contributed by atoms with Crippen LogP contribution in [0.1, 0.15) is 19.8 Å². The minimum Gasteiger partial charge on any atom is -0.380 e. The van der Waals surface area contributed by atoms with Crippen LogP contribution in [-0.4, -0.2) is 26.3 Å². The number of hydrogen-bond donors (Lipinski definition) is 1. The first kappa shape index (κ1) is 8.02. The summed E-state index contributed by atoms with van der Waals surface area (Å²) in [6.07, 6.45) is 2.78. The second-order valence-electron chi connectivity index (χ2n) is 2.87. The van der Waals surface area contributed by atoms with E-state index in [9.17, 15) is 0 Å². The maximum atomic E-state index is 5.40. The van der Waals surface area contributed by atoms with Gasteiger partial charge in [0.05, 0.1) is 6.61 Å². The van der Waals surface area contributed by atoms with Gasteiger partial charge < -0.3 is 10.1 Å². The Morgan fingerprint density at radius 1 is 1.50 bits per heavy atom. The molecule has 2 nitrogen and oxygen atoms in total. The normalized spacial score (nSPS) is 17.7. The van der Waals surface area contributed by atoms with Gasteiger partial charge in [-0.3, -0.25) is 0 Å². The van der Waals surface area contributed by atoms with Crippen molar-refractivity contribution in [2.45, 2.75) is 19.8 Å². The molecule has 0 unspecified atom stereocenters. The van der Waals surface area contributed by atoms with Gasteiger partial charge in [-0.05, 0) is 25.3 Å². The third-order valence-electron chi connectivity index (χ3n) is 1.72. The van der Waals surface area contributed by atoms with Gasteiger partial charge in [0.25, 0.3) is 0 Å². The SMILES string of the molecule is CCNCCOCC1CC1. The molecule has 1 aliphatic rings. The molecule has 10 heavy (non-hydrogen) atoms. The lowest BCUT2D eigenvalue weighted by Gasteiger charge is -2.02. The zero-order chi connectivity index (χ0) is 7.23. The van der Waals surface area contributed by atoms with Crippen LogP contribution < -0.4 is 5.32 Å².